The first-order valence-corrected chi connectivity index (χ1v) is 7.95. The monoisotopic (exact) mass is 355 g/mol. The lowest BCUT2D eigenvalue weighted by Crippen LogP contribution is -1.93. The maximum absolute atomic E-state index is 9.46. The van der Waals surface area contributed by atoms with Gasteiger partial charge in [0, 0.05) is 22.3 Å². The molecule has 0 aliphatic heterocycles. The number of rotatable bonds is 2. The number of hydrogen-bond donors (Lipinski definition) is 1. The fourth-order valence-corrected chi connectivity index (χ4v) is 3.08. The molecule has 6 heteroatoms. The molecule has 4 nitrogen and oxygen atoms in total. The summed E-state index contributed by atoms with van der Waals surface area (Å²) < 4.78 is 1.94. The molecule has 0 aliphatic carbocycles. The smallest absolute Gasteiger partial charge is 0.155 e. The van der Waals surface area contributed by atoms with Gasteiger partial charge in [-0.15, -0.1) is 0 Å². The zero-order valence-corrected chi connectivity index (χ0v) is 13.8. The summed E-state index contributed by atoms with van der Waals surface area (Å²) in [7, 11) is 0. The van der Waals surface area contributed by atoms with Gasteiger partial charge in [-0.1, -0.05) is 23.2 Å². The van der Waals surface area contributed by atoms with Crippen molar-refractivity contribution in [3.05, 3.63) is 71.1 Å². The fraction of sp³-hybridized carbons (Fsp3) is 0. The van der Waals surface area contributed by atoms with Crippen LogP contribution in [0.25, 0.3) is 28.2 Å². The largest absolute Gasteiger partial charge is 0.508 e. The molecule has 0 saturated carbocycles. The number of imidazole rings is 1. The van der Waals surface area contributed by atoms with E-state index in [9.17, 15) is 5.11 Å². The molecule has 0 radical (unpaired) electrons. The topological polar surface area (TPSA) is 50.4 Å². The van der Waals surface area contributed by atoms with E-state index in [0.29, 0.717) is 10.0 Å². The molecule has 4 aromatic rings. The Morgan fingerprint density at radius 1 is 0.917 bits per heavy atom. The van der Waals surface area contributed by atoms with Crippen molar-refractivity contribution in [2.24, 2.45) is 0 Å². The number of phenols is 1. The van der Waals surface area contributed by atoms with Gasteiger partial charge < -0.3 is 5.11 Å². The lowest BCUT2D eigenvalue weighted by Gasteiger charge is -2.07. The van der Waals surface area contributed by atoms with E-state index in [1.165, 1.54) is 0 Å². The van der Waals surface area contributed by atoms with Crippen LogP contribution in [0.2, 0.25) is 10.0 Å². The van der Waals surface area contributed by atoms with E-state index in [2.05, 4.69) is 9.97 Å². The standard InChI is InChI=1S/C18H11Cl2N3O/c19-12-3-6-14(15(20)7-12)16-10-23-17(8-22-18(23)9-21-16)11-1-4-13(24)5-2-11/h1-10,24H. The van der Waals surface area contributed by atoms with Crippen molar-refractivity contribution < 1.29 is 5.11 Å². The number of aromatic nitrogens is 3. The highest BCUT2D eigenvalue weighted by molar-refractivity contribution is 6.36. The molecule has 118 valence electrons. The van der Waals surface area contributed by atoms with Gasteiger partial charge in [-0.3, -0.25) is 9.38 Å². The Bertz CT molecular complexity index is 1040. The van der Waals surface area contributed by atoms with Crippen molar-refractivity contribution in [3.8, 4) is 28.3 Å². The molecular weight excluding hydrogens is 345 g/mol. The zero-order valence-electron chi connectivity index (χ0n) is 12.3. The summed E-state index contributed by atoms with van der Waals surface area (Å²) in [5, 5.41) is 10.6. The van der Waals surface area contributed by atoms with Crippen LogP contribution in [0.15, 0.2) is 61.1 Å². The second-order valence-corrected chi connectivity index (χ2v) is 6.16. The lowest BCUT2D eigenvalue weighted by molar-refractivity contribution is 0.475. The quantitative estimate of drug-likeness (QED) is 0.545. The van der Waals surface area contributed by atoms with Gasteiger partial charge in [0.15, 0.2) is 5.65 Å². The summed E-state index contributed by atoms with van der Waals surface area (Å²) in [5.41, 5.74) is 4.10. The first-order valence-electron chi connectivity index (χ1n) is 7.20. The van der Waals surface area contributed by atoms with E-state index in [0.717, 1.165) is 28.2 Å². The Kier molecular flexibility index (Phi) is 3.63. The van der Waals surface area contributed by atoms with Crippen LogP contribution in [0.4, 0.5) is 0 Å². The van der Waals surface area contributed by atoms with Crippen LogP contribution in [-0.4, -0.2) is 19.5 Å². The van der Waals surface area contributed by atoms with E-state index in [1.807, 2.05) is 28.8 Å². The summed E-state index contributed by atoms with van der Waals surface area (Å²) in [4.78, 5) is 8.81. The van der Waals surface area contributed by atoms with Crippen molar-refractivity contribution in [2.45, 2.75) is 0 Å². The molecule has 0 spiro atoms. The summed E-state index contributed by atoms with van der Waals surface area (Å²) in [6, 6.07) is 12.3. The first kappa shape index (κ1) is 15.0. The van der Waals surface area contributed by atoms with Gasteiger partial charge in [-0.25, -0.2) is 4.98 Å². The molecule has 0 saturated heterocycles. The molecule has 0 aliphatic rings. The number of nitrogens with zero attached hydrogens (tertiary/aromatic N) is 3. The minimum Gasteiger partial charge on any atom is -0.508 e. The van der Waals surface area contributed by atoms with Crippen LogP contribution in [0.3, 0.4) is 0 Å². The molecule has 0 fully saturated rings. The third-order valence-corrected chi connectivity index (χ3v) is 4.31. The summed E-state index contributed by atoms with van der Waals surface area (Å²) in [6.07, 6.45) is 5.36. The van der Waals surface area contributed by atoms with Gasteiger partial charge >= 0.3 is 0 Å². The van der Waals surface area contributed by atoms with Crippen molar-refractivity contribution >= 4 is 28.8 Å². The van der Waals surface area contributed by atoms with Gasteiger partial charge in [-0.2, -0.15) is 0 Å². The second-order valence-electron chi connectivity index (χ2n) is 5.32. The Hall–Kier alpha value is -2.56. The van der Waals surface area contributed by atoms with Gasteiger partial charge in [0.25, 0.3) is 0 Å². The average Bonchev–Trinajstić information content (AvgIpc) is 2.99. The normalized spacial score (nSPS) is 11.1. The number of benzene rings is 2. The number of halogens is 2. The van der Waals surface area contributed by atoms with Crippen LogP contribution < -0.4 is 0 Å². The highest BCUT2D eigenvalue weighted by atomic mass is 35.5. The number of aromatic hydroxyl groups is 1. The first-order chi connectivity index (χ1) is 11.6. The molecule has 0 bridgehead atoms. The number of fused-ring (bicyclic) bond motifs is 1. The number of hydrogen-bond acceptors (Lipinski definition) is 3. The summed E-state index contributed by atoms with van der Waals surface area (Å²) in [6.45, 7) is 0. The summed E-state index contributed by atoms with van der Waals surface area (Å²) in [5.74, 6) is 0.225. The zero-order chi connectivity index (χ0) is 16.7. The molecule has 2 aromatic carbocycles. The predicted octanol–water partition coefficient (Wildman–Crippen LogP) is 5.08. The van der Waals surface area contributed by atoms with Crippen LogP contribution in [-0.2, 0) is 0 Å². The van der Waals surface area contributed by atoms with E-state index in [1.54, 1.807) is 36.7 Å². The van der Waals surface area contributed by atoms with Gasteiger partial charge in [-0.05, 0) is 42.5 Å². The molecule has 4 rings (SSSR count). The Morgan fingerprint density at radius 2 is 1.71 bits per heavy atom. The maximum Gasteiger partial charge on any atom is 0.155 e. The fourth-order valence-electron chi connectivity index (χ4n) is 2.57. The summed E-state index contributed by atoms with van der Waals surface area (Å²) >= 11 is 12.2. The Morgan fingerprint density at radius 3 is 2.46 bits per heavy atom. The van der Waals surface area contributed by atoms with E-state index >= 15 is 0 Å². The molecule has 1 N–H and O–H groups in total. The van der Waals surface area contributed by atoms with E-state index in [-0.39, 0.29) is 5.75 Å². The minimum atomic E-state index is 0.225. The maximum atomic E-state index is 9.46. The molecule has 0 unspecified atom stereocenters. The van der Waals surface area contributed by atoms with Crippen molar-refractivity contribution in [3.63, 3.8) is 0 Å². The van der Waals surface area contributed by atoms with Gasteiger partial charge in [0.05, 0.1) is 28.8 Å². The third kappa shape index (κ3) is 2.60. The molecule has 0 amide bonds. The minimum absolute atomic E-state index is 0.225. The van der Waals surface area contributed by atoms with Crippen molar-refractivity contribution in [1.82, 2.24) is 14.4 Å². The highest BCUT2D eigenvalue weighted by Crippen LogP contribution is 2.30. The lowest BCUT2D eigenvalue weighted by atomic mass is 10.1. The van der Waals surface area contributed by atoms with Crippen LogP contribution >= 0.6 is 23.2 Å². The van der Waals surface area contributed by atoms with Gasteiger partial charge in [0.2, 0.25) is 0 Å². The molecular formula is C18H11Cl2N3O. The van der Waals surface area contributed by atoms with Crippen molar-refractivity contribution in [1.29, 1.82) is 0 Å². The predicted molar refractivity (Wildman–Crippen MR) is 95.5 cm³/mol. The Balaban J connectivity index is 1.88. The van der Waals surface area contributed by atoms with Crippen LogP contribution in [0, 0.1) is 0 Å². The second kappa shape index (κ2) is 5.82. The molecule has 2 heterocycles. The Labute approximate surface area is 148 Å². The van der Waals surface area contributed by atoms with Crippen molar-refractivity contribution in [2.75, 3.05) is 0 Å². The average molecular weight is 356 g/mol. The van der Waals surface area contributed by atoms with Crippen LogP contribution in [0.5, 0.6) is 5.75 Å². The van der Waals surface area contributed by atoms with E-state index < -0.39 is 0 Å². The SMILES string of the molecule is Oc1ccc(-c2cnc3cnc(-c4ccc(Cl)cc4Cl)cn23)cc1. The number of phenolic OH excluding ortho intramolecular Hbond substituents is 1. The molecule has 2 aromatic heterocycles. The van der Waals surface area contributed by atoms with Crippen LogP contribution in [0.1, 0.15) is 0 Å². The highest BCUT2D eigenvalue weighted by Gasteiger charge is 2.11. The van der Waals surface area contributed by atoms with E-state index in [4.69, 9.17) is 23.2 Å². The third-order valence-electron chi connectivity index (χ3n) is 3.77. The molecule has 0 atom stereocenters. The van der Waals surface area contributed by atoms with Gasteiger partial charge in [0.1, 0.15) is 5.75 Å². The molecule has 24 heavy (non-hydrogen) atoms.